The third-order valence-electron chi connectivity index (χ3n) is 3.74. The molecule has 0 spiro atoms. The number of aliphatic hydroxyl groups is 1. The monoisotopic (exact) mass is 292 g/mol. The fourth-order valence-corrected chi connectivity index (χ4v) is 2.40. The minimum Gasteiger partial charge on any atom is -0.392 e. The van der Waals surface area contributed by atoms with Gasteiger partial charge in [0.05, 0.1) is 6.10 Å². The molecular weight excluding hydrogens is 264 g/mol. The molecule has 21 heavy (non-hydrogen) atoms. The molecule has 1 unspecified atom stereocenters. The Labute approximate surface area is 128 Å². The summed E-state index contributed by atoms with van der Waals surface area (Å²) in [6.07, 6.45) is 3.43. The number of carbonyl (C=O) groups is 1. The summed E-state index contributed by atoms with van der Waals surface area (Å²) in [6, 6.07) is 5.82. The lowest BCUT2D eigenvalue weighted by molar-refractivity contribution is -0.122. The van der Waals surface area contributed by atoms with E-state index < -0.39 is 6.10 Å². The Morgan fingerprint density at radius 2 is 2.10 bits per heavy atom. The zero-order valence-electron chi connectivity index (χ0n) is 13.6. The molecule has 0 saturated heterocycles. The largest absolute Gasteiger partial charge is 0.392 e. The Kier molecular flexibility index (Phi) is 6.82. The molecule has 1 rings (SSSR count). The normalized spacial score (nSPS) is 13.2. The van der Waals surface area contributed by atoms with Gasteiger partial charge in [0, 0.05) is 30.3 Å². The van der Waals surface area contributed by atoms with Crippen LogP contribution in [-0.4, -0.2) is 28.6 Å². The van der Waals surface area contributed by atoms with Crippen LogP contribution in [0.25, 0.3) is 0 Å². The Hall–Kier alpha value is -1.42. The number of nitrogens with zero attached hydrogens (tertiary/aromatic N) is 1. The van der Waals surface area contributed by atoms with Crippen LogP contribution in [0, 0.1) is 11.3 Å². The van der Waals surface area contributed by atoms with E-state index in [1.165, 1.54) is 0 Å². The molecule has 0 fully saturated rings. The molecule has 1 atom stereocenters. The third kappa shape index (κ3) is 6.25. The van der Waals surface area contributed by atoms with E-state index in [2.05, 4.69) is 10.3 Å². The van der Waals surface area contributed by atoms with Gasteiger partial charge in [-0.1, -0.05) is 33.8 Å². The molecule has 118 valence electrons. The van der Waals surface area contributed by atoms with Gasteiger partial charge in [-0.25, -0.2) is 0 Å². The van der Waals surface area contributed by atoms with Crippen molar-refractivity contribution < 1.29 is 9.90 Å². The van der Waals surface area contributed by atoms with Crippen LogP contribution in [-0.2, 0) is 11.2 Å². The van der Waals surface area contributed by atoms with Crippen LogP contribution in [0.3, 0.4) is 0 Å². The van der Waals surface area contributed by atoms with E-state index in [0.29, 0.717) is 13.0 Å². The fourth-order valence-electron chi connectivity index (χ4n) is 2.40. The second-order valence-corrected chi connectivity index (χ2v) is 6.63. The van der Waals surface area contributed by atoms with Crippen LogP contribution in [0.2, 0.25) is 0 Å². The maximum Gasteiger partial charge on any atom is 0.220 e. The number of aliphatic hydroxyl groups excluding tert-OH is 1. The molecule has 4 nitrogen and oxygen atoms in total. The standard InChI is InChI=1S/C17H28N2O2/c1-13(2)16(21)17(3,4)12-19-15(20)10-7-9-14-8-5-6-11-18-14/h5-6,8,11,13,16,21H,7,9-10,12H2,1-4H3,(H,19,20). The lowest BCUT2D eigenvalue weighted by Crippen LogP contribution is -2.43. The molecule has 0 aliphatic rings. The van der Waals surface area contributed by atoms with Crippen LogP contribution >= 0.6 is 0 Å². The highest BCUT2D eigenvalue weighted by Gasteiger charge is 2.30. The maximum absolute atomic E-state index is 11.9. The second kappa shape index (κ2) is 8.13. The number of amides is 1. The van der Waals surface area contributed by atoms with Gasteiger partial charge >= 0.3 is 0 Å². The minimum absolute atomic E-state index is 0.0370. The van der Waals surface area contributed by atoms with E-state index in [0.717, 1.165) is 18.5 Å². The number of hydrogen-bond donors (Lipinski definition) is 2. The van der Waals surface area contributed by atoms with Gasteiger partial charge in [0.25, 0.3) is 0 Å². The first kappa shape index (κ1) is 17.6. The van der Waals surface area contributed by atoms with Crippen molar-refractivity contribution in [1.82, 2.24) is 10.3 Å². The van der Waals surface area contributed by atoms with E-state index in [1.807, 2.05) is 45.9 Å². The van der Waals surface area contributed by atoms with Crippen LogP contribution in [0.5, 0.6) is 0 Å². The topological polar surface area (TPSA) is 62.2 Å². The Morgan fingerprint density at radius 1 is 1.38 bits per heavy atom. The molecule has 0 bridgehead atoms. The zero-order valence-corrected chi connectivity index (χ0v) is 13.6. The minimum atomic E-state index is -0.425. The summed E-state index contributed by atoms with van der Waals surface area (Å²) in [4.78, 5) is 16.1. The predicted molar refractivity (Wildman–Crippen MR) is 84.8 cm³/mol. The van der Waals surface area contributed by atoms with Gasteiger partial charge in [-0.15, -0.1) is 0 Å². The number of rotatable bonds is 8. The molecule has 0 radical (unpaired) electrons. The number of carbonyl (C=O) groups excluding carboxylic acids is 1. The number of aromatic nitrogens is 1. The van der Waals surface area contributed by atoms with Gasteiger partial charge in [0.15, 0.2) is 0 Å². The molecule has 4 heteroatoms. The van der Waals surface area contributed by atoms with Crippen molar-refractivity contribution in [2.45, 2.75) is 53.1 Å². The van der Waals surface area contributed by atoms with Crippen molar-refractivity contribution in [3.8, 4) is 0 Å². The molecule has 1 heterocycles. The molecular formula is C17H28N2O2. The highest BCUT2D eigenvalue weighted by molar-refractivity contribution is 5.75. The van der Waals surface area contributed by atoms with E-state index in [4.69, 9.17) is 0 Å². The van der Waals surface area contributed by atoms with Gasteiger partial charge in [-0.3, -0.25) is 9.78 Å². The maximum atomic E-state index is 11.9. The Balaban J connectivity index is 2.28. The predicted octanol–water partition coefficient (Wildman–Crippen LogP) is 2.56. The molecule has 0 aliphatic carbocycles. The number of nitrogens with one attached hydrogen (secondary N) is 1. The van der Waals surface area contributed by atoms with Crippen LogP contribution < -0.4 is 5.32 Å². The smallest absolute Gasteiger partial charge is 0.220 e. The quantitative estimate of drug-likeness (QED) is 0.774. The molecule has 2 N–H and O–H groups in total. The van der Waals surface area contributed by atoms with Gasteiger partial charge in [-0.05, 0) is 30.9 Å². The van der Waals surface area contributed by atoms with E-state index in [9.17, 15) is 9.90 Å². The Bertz CT molecular complexity index is 430. The Morgan fingerprint density at radius 3 is 2.67 bits per heavy atom. The van der Waals surface area contributed by atoms with Crippen LogP contribution in [0.4, 0.5) is 0 Å². The highest BCUT2D eigenvalue weighted by Crippen LogP contribution is 2.25. The molecule has 0 saturated carbocycles. The second-order valence-electron chi connectivity index (χ2n) is 6.63. The summed E-state index contributed by atoms with van der Waals surface area (Å²) >= 11 is 0. The van der Waals surface area contributed by atoms with Gasteiger partial charge in [-0.2, -0.15) is 0 Å². The summed E-state index contributed by atoms with van der Waals surface area (Å²) in [5.41, 5.74) is 0.700. The SMILES string of the molecule is CC(C)C(O)C(C)(C)CNC(=O)CCCc1ccccn1. The van der Waals surface area contributed by atoms with Gasteiger partial charge < -0.3 is 10.4 Å². The molecule has 0 aliphatic heterocycles. The zero-order chi connectivity index (χ0) is 15.9. The van der Waals surface area contributed by atoms with Crippen molar-refractivity contribution in [2.75, 3.05) is 6.54 Å². The van der Waals surface area contributed by atoms with Gasteiger partial charge in [0.1, 0.15) is 0 Å². The summed E-state index contributed by atoms with van der Waals surface area (Å²) in [7, 11) is 0. The van der Waals surface area contributed by atoms with Gasteiger partial charge in [0.2, 0.25) is 5.91 Å². The summed E-state index contributed by atoms with van der Waals surface area (Å²) in [6.45, 7) is 8.43. The molecule has 1 amide bonds. The third-order valence-corrected chi connectivity index (χ3v) is 3.74. The molecule has 1 aromatic heterocycles. The summed E-state index contributed by atoms with van der Waals surface area (Å²) < 4.78 is 0. The number of aryl methyl sites for hydroxylation is 1. The number of hydrogen-bond acceptors (Lipinski definition) is 3. The van der Waals surface area contributed by atoms with E-state index in [-0.39, 0.29) is 17.2 Å². The van der Waals surface area contributed by atoms with Crippen molar-refractivity contribution in [3.05, 3.63) is 30.1 Å². The van der Waals surface area contributed by atoms with E-state index in [1.54, 1.807) is 6.20 Å². The van der Waals surface area contributed by atoms with Crippen LogP contribution in [0.1, 0.15) is 46.2 Å². The number of pyridine rings is 1. The summed E-state index contributed by atoms with van der Waals surface area (Å²) in [5.74, 6) is 0.219. The van der Waals surface area contributed by atoms with E-state index >= 15 is 0 Å². The summed E-state index contributed by atoms with van der Waals surface area (Å²) in [5, 5.41) is 13.1. The first-order chi connectivity index (χ1) is 9.83. The first-order valence-corrected chi connectivity index (χ1v) is 7.67. The fraction of sp³-hybridized carbons (Fsp3) is 0.647. The van der Waals surface area contributed by atoms with Crippen molar-refractivity contribution >= 4 is 5.91 Å². The first-order valence-electron chi connectivity index (χ1n) is 7.67. The van der Waals surface area contributed by atoms with Crippen LogP contribution in [0.15, 0.2) is 24.4 Å². The molecule has 0 aromatic carbocycles. The average molecular weight is 292 g/mol. The lowest BCUT2D eigenvalue weighted by Gasteiger charge is -2.33. The van der Waals surface area contributed by atoms with Crippen molar-refractivity contribution in [2.24, 2.45) is 11.3 Å². The average Bonchev–Trinajstić information content (AvgIpc) is 2.45. The molecule has 1 aromatic rings. The van der Waals surface area contributed by atoms with Crippen molar-refractivity contribution in [3.63, 3.8) is 0 Å². The highest BCUT2D eigenvalue weighted by atomic mass is 16.3. The lowest BCUT2D eigenvalue weighted by atomic mass is 9.80. The van der Waals surface area contributed by atoms with Crippen molar-refractivity contribution in [1.29, 1.82) is 0 Å².